The van der Waals surface area contributed by atoms with Gasteiger partial charge in [-0.15, -0.1) is 0 Å². The lowest BCUT2D eigenvalue weighted by Crippen LogP contribution is -2.30. The molecule has 0 fully saturated rings. The van der Waals surface area contributed by atoms with E-state index in [2.05, 4.69) is 9.97 Å². The van der Waals surface area contributed by atoms with Gasteiger partial charge in [-0.2, -0.15) is 0 Å². The number of rotatable bonds is 7. The number of aromatic nitrogens is 3. The fourth-order valence-corrected chi connectivity index (χ4v) is 6.11. The highest BCUT2D eigenvalue weighted by atomic mass is 35.5. The quantitative estimate of drug-likeness (QED) is 0.353. The van der Waals surface area contributed by atoms with Crippen LogP contribution in [0.25, 0.3) is 16.9 Å². The van der Waals surface area contributed by atoms with Crippen LogP contribution in [0.5, 0.6) is 11.5 Å². The van der Waals surface area contributed by atoms with Crippen LogP contribution in [0, 0.1) is 6.92 Å². The van der Waals surface area contributed by atoms with E-state index in [0.29, 0.717) is 22.4 Å². The van der Waals surface area contributed by atoms with Gasteiger partial charge >= 0.3 is 11.7 Å². The summed E-state index contributed by atoms with van der Waals surface area (Å²) in [4.78, 5) is 31.1. The molecule has 4 rings (SSSR count). The van der Waals surface area contributed by atoms with Crippen LogP contribution in [0.1, 0.15) is 35.5 Å². The van der Waals surface area contributed by atoms with Gasteiger partial charge in [-0.1, -0.05) is 29.8 Å². The van der Waals surface area contributed by atoms with Crippen LogP contribution in [0.4, 0.5) is 0 Å². The standard InChI is InChI=1S/C25H24ClN3O7S/c1-13-10-16(23(30)31)27-22-21(13)28-24(32)29(22)17-12-20(19(36-5)11-15(17)26)37(33,34)25(2,3)14-8-6-7-9-18(14)35-4/h6-12H,1-5H3,(H,28,32)(H,30,31). The van der Waals surface area contributed by atoms with Crippen LogP contribution in [-0.2, 0) is 14.6 Å². The van der Waals surface area contributed by atoms with Crippen molar-refractivity contribution in [3.63, 3.8) is 0 Å². The average Bonchev–Trinajstić information content (AvgIpc) is 3.19. The third-order valence-electron chi connectivity index (χ3n) is 6.25. The third-order valence-corrected chi connectivity index (χ3v) is 9.02. The number of carboxylic acids is 1. The van der Waals surface area contributed by atoms with Gasteiger partial charge in [-0.3, -0.25) is 0 Å². The second-order valence-electron chi connectivity index (χ2n) is 8.76. The lowest BCUT2D eigenvalue weighted by molar-refractivity contribution is 0.0690. The molecule has 2 aromatic heterocycles. The molecule has 0 radical (unpaired) electrons. The molecule has 2 N–H and O–H groups in total. The number of H-pyrrole nitrogens is 1. The number of nitrogens with zero attached hydrogens (tertiary/aromatic N) is 2. The van der Waals surface area contributed by atoms with Crippen LogP contribution in [-0.4, -0.2) is 48.2 Å². The molecule has 0 saturated heterocycles. The summed E-state index contributed by atoms with van der Waals surface area (Å²) < 4.78 is 38.6. The SMILES string of the molecule is COc1ccccc1C(C)(C)S(=O)(=O)c1cc(-n2c(=O)[nH]c3c(C)cc(C(=O)O)nc32)c(Cl)cc1OC. The predicted octanol–water partition coefficient (Wildman–Crippen LogP) is 4.10. The van der Waals surface area contributed by atoms with Gasteiger partial charge in [-0.25, -0.2) is 27.6 Å². The first-order valence-electron chi connectivity index (χ1n) is 11.0. The van der Waals surface area contributed by atoms with E-state index in [-0.39, 0.29) is 32.7 Å². The summed E-state index contributed by atoms with van der Waals surface area (Å²) in [5.74, 6) is -0.925. The first-order valence-corrected chi connectivity index (χ1v) is 12.8. The number of aromatic carboxylic acids is 1. The van der Waals surface area contributed by atoms with E-state index in [1.165, 1.54) is 46.3 Å². The number of nitrogens with one attached hydrogen (secondary N) is 1. The number of para-hydroxylation sites is 1. The van der Waals surface area contributed by atoms with Gasteiger partial charge in [0.1, 0.15) is 16.4 Å². The highest BCUT2D eigenvalue weighted by Crippen LogP contribution is 2.44. The molecule has 0 saturated carbocycles. The summed E-state index contributed by atoms with van der Waals surface area (Å²) >= 11 is 6.50. The van der Waals surface area contributed by atoms with Crippen molar-refractivity contribution in [1.82, 2.24) is 14.5 Å². The maximum absolute atomic E-state index is 14.1. The number of pyridine rings is 1. The molecule has 37 heavy (non-hydrogen) atoms. The summed E-state index contributed by atoms with van der Waals surface area (Å²) in [7, 11) is -1.44. The van der Waals surface area contributed by atoms with Crippen LogP contribution >= 0.6 is 11.6 Å². The number of imidazole rings is 1. The Bertz CT molecular complexity index is 1720. The smallest absolute Gasteiger partial charge is 0.354 e. The Morgan fingerprint density at radius 2 is 1.76 bits per heavy atom. The zero-order chi connectivity index (χ0) is 27.3. The van der Waals surface area contributed by atoms with Gasteiger partial charge in [0.05, 0.1) is 35.2 Å². The molecule has 0 bridgehead atoms. The van der Waals surface area contributed by atoms with Crippen molar-refractivity contribution in [3.8, 4) is 17.2 Å². The van der Waals surface area contributed by atoms with Gasteiger partial charge in [0.2, 0.25) is 0 Å². The predicted molar refractivity (Wildman–Crippen MR) is 138 cm³/mol. The Morgan fingerprint density at radius 3 is 2.38 bits per heavy atom. The van der Waals surface area contributed by atoms with Crippen molar-refractivity contribution in [2.45, 2.75) is 30.4 Å². The number of fused-ring (bicyclic) bond motifs is 1. The van der Waals surface area contributed by atoms with Crippen molar-refractivity contribution >= 4 is 38.6 Å². The summed E-state index contributed by atoms with van der Waals surface area (Å²) in [6.07, 6.45) is 0. The normalized spacial score (nSPS) is 12.1. The number of sulfone groups is 1. The van der Waals surface area contributed by atoms with Crippen molar-refractivity contribution < 1.29 is 27.8 Å². The molecule has 0 unspecified atom stereocenters. The zero-order valence-corrected chi connectivity index (χ0v) is 22.2. The highest BCUT2D eigenvalue weighted by Gasteiger charge is 2.41. The van der Waals surface area contributed by atoms with E-state index >= 15 is 0 Å². The molecular formula is C25H24ClN3O7S. The molecule has 0 aliphatic heterocycles. The minimum absolute atomic E-state index is 0.00548. The van der Waals surface area contributed by atoms with Crippen LogP contribution in [0.15, 0.2) is 52.2 Å². The lowest BCUT2D eigenvalue weighted by atomic mass is 10.0. The number of aromatic amines is 1. The number of carbonyl (C=O) groups is 1. The summed E-state index contributed by atoms with van der Waals surface area (Å²) in [6.45, 7) is 4.70. The zero-order valence-electron chi connectivity index (χ0n) is 20.6. The molecule has 0 amide bonds. The summed E-state index contributed by atoms with van der Waals surface area (Å²) in [6, 6.07) is 10.6. The van der Waals surface area contributed by atoms with Crippen molar-refractivity contribution in [2.24, 2.45) is 0 Å². The minimum atomic E-state index is -4.20. The number of methoxy groups -OCH3 is 2. The number of carboxylic acid groups (broad SMARTS) is 1. The van der Waals surface area contributed by atoms with Gasteiger partial charge in [0.25, 0.3) is 0 Å². The average molecular weight is 546 g/mol. The van der Waals surface area contributed by atoms with E-state index in [4.69, 9.17) is 21.1 Å². The van der Waals surface area contributed by atoms with E-state index in [0.717, 1.165) is 4.57 Å². The Morgan fingerprint density at radius 1 is 1.11 bits per heavy atom. The first kappa shape index (κ1) is 26.2. The molecule has 0 spiro atoms. The van der Waals surface area contributed by atoms with E-state index in [9.17, 15) is 23.1 Å². The molecule has 2 aromatic carbocycles. The molecular weight excluding hydrogens is 522 g/mol. The number of hydrogen-bond acceptors (Lipinski definition) is 7. The fraction of sp³-hybridized carbons (Fsp3) is 0.240. The van der Waals surface area contributed by atoms with Crippen LogP contribution in [0.3, 0.4) is 0 Å². The topological polar surface area (TPSA) is 141 Å². The molecule has 10 nitrogen and oxygen atoms in total. The van der Waals surface area contributed by atoms with Gasteiger partial charge in [-0.05, 0) is 44.5 Å². The summed E-state index contributed by atoms with van der Waals surface area (Å²) in [5, 5.41) is 9.45. The summed E-state index contributed by atoms with van der Waals surface area (Å²) in [5.41, 5.74) is 0.196. The number of halogens is 1. The molecule has 0 atom stereocenters. The minimum Gasteiger partial charge on any atom is -0.496 e. The van der Waals surface area contributed by atoms with Crippen molar-refractivity contribution in [1.29, 1.82) is 0 Å². The number of aryl methyl sites for hydroxylation is 1. The van der Waals surface area contributed by atoms with Gasteiger partial charge in [0.15, 0.2) is 21.2 Å². The van der Waals surface area contributed by atoms with Gasteiger partial charge in [0, 0.05) is 11.6 Å². The Kier molecular flexibility index (Phi) is 6.55. The van der Waals surface area contributed by atoms with Gasteiger partial charge < -0.3 is 19.6 Å². The molecule has 4 aromatic rings. The molecule has 194 valence electrons. The van der Waals surface area contributed by atoms with E-state index < -0.39 is 26.2 Å². The maximum Gasteiger partial charge on any atom is 0.354 e. The lowest BCUT2D eigenvalue weighted by Gasteiger charge is -2.28. The highest BCUT2D eigenvalue weighted by molar-refractivity contribution is 7.92. The maximum atomic E-state index is 14.1. The van der Waals surface area contributed by atoms with Crippen LogP contribution < -0.4 is 15.2 Å². The second-order valence-corrected chi connectivity index (χ2v) is 11.6. The monoisotopic (exact) mass is 545 g/mol. The Labute approximate surface area is 217 Å². The fourth-order valence-electron chi connectivity index (χ4n) is 4.19. The molecule has 0 aliphatic carbocycles. The molecule has 12 heteroatoms. The first-order chi connectivity index (χ1) is 17.3. The van der Waals surface area contributed by atoms with E-state index in [1.54, 1.807) is 31.2 Å². The van der Waals surface area contributed by atoms with Crippen molar-refractivity contribution in [3.05, 3.63) is 74.8 Å². The number of hydrogen-bond donors (Lipinski definition) is 2. The van der Waals surface area contributed by atoms with Crippen molar-refractivity contribution in [2.75, 3.05) is 14.2 Å². The second kappa shape index (κ2) is 9.24. The third kappa shape index (κ3) is 4.13. The Hall–Kier alpha value is -3.83. The Balaban J connectivity index is 2.03. The molecule has 0 aliphatic rings. The largest absolute Gasteiger partial charge is 0.496 e. The van der Waals surface area contributed by atoms with Crippen LogP contribution in [0.2, 0.25) is 5.02 Å². The number of ether oxygens (including phenoxy) is 2. The number of benzene rings is 2. The molecule has 2 heterocycles. The van der Waals surface area contributed by atoms with E-state index in [1.807, 2.05) is 0 Å².